The average Bonchev–Trinajstić information content (AvgIpc) is 2.69. The number of hydrogen-bond acceptors (Lipinski definition) is 3. The van der Waals surface area contributed by atoms with E-state index in [1.807, 2.05) is 36.6 Å². The Kier molecular flexibility index (Phi) is 2.83. The molecule has 0 saturated heterocycles. The molecular weight excluding hydrogens is 218 g/mol. The predicted molar refractivity (Wildman–Crippen MR) is 62.9 cm³/mol. The number of hydrogen-bond donors (Lipinski definition) is 1. The van der Waals surface area contributed by atoms with Crippen molar-refractivity contribution in [2.24, 2.45) is 5.92 Å². The van der Waals surface area contributed by atoms with Gasteiger partial charge in [-0.1, -0.05) is 13.8 Å². The number of pyridine rings is 1. The summed E-state index contributed by atoms with van der Waals surface area (Å²) in [7, 11) is 0. The third-order valence-corrected chi connectivity index (χ3v) is 3.14. The Bertz CT molecular complexity index is 562. The number of fused-ring (bicyclic) bond motifs is 1. The van der Waals surface area contributed by atoms with E-state index < -0.39 is 11.9 Å². The molecule has 1 N–H and O–H groups in total. The molecule has 2 aromatic rings. The van der Waals surface area contributed by atoms with Crippen LogP contribution in [0, 0.1) is 12.8 Å². The van der Waals surface area contributed by atoms with E-state index in [0.717, 1.165) is 11.2 Å². The molecule has 17 heavy (non-hydrogen) atoms. The fourth-order valence-electron chi connectivity index (χ4n) is 1.76. The molecule has 0 aliphatic carbocycles. The van der Waals surface area contributed by atoms with E-state index in [-0.39, 0.29) is 5.92 Å². The molecular formula is C12H15N3O2. The maximum absolute atomic E-state index is 11.0. The zero-order valence-electron chi connectivity index (χ0n) is 10.1. The van der Waals surface area contributed by atoms with Crippen LogP contribution >= 0.6 is 0 Å². The smallest absolute Gasteiger partial charge is 0.306 e. The zero-order chi connectivity index (χ0) is 12.6. The molecule has 90 valence electrons. The van der Waals surface area contributed by atoms with Gasteiger partial charge in [0.2, 0.25) is 0 Å². The normalized spacial score (nSPS) is 14.8. The van der Waals surface area contributed by atoms with E-state index in [4.69, 9.17) is 5.11 Å². The molecule has 0 aromatic carbocycles. The quantitative estimate of drug-likeness (QED) is 0.878. The van der Waals surface area contributed by atoms with Gasteiger partial charge in [0.25, 0.3) is 0 Å². The highest BCUT2D eigenvalue weighted by atomic mass is 16.4. The summed E-state index contributed by atoms with van der Waals surface area (Å²) in [6.07, 6.45) is 1.88. The van der Waals surface area contributed by atoms with Crippen LogP contribution in [-0.4, -0.2) is 25.7 Å². The van der Waals surface area contributed by atoms with Gasteiger partial charge in [-0.15, -0.1) is 10.2 Å². The highest BCUT2D eigenvalue weighted by Gasteiger charge is 2.24. The van der Waals surface area contributed by atoms with Crippen molar-refractivity contribution in [1.82, 2.24) is 14.6 Å². The summed E-state index contributed by atoms with van der Waals surface area (Å²) < 4.78 is 1.84. The van der Waals surface area contributed by atoms with Gasteiger partial charge >= 0.3 is 5.97 Å². The van der Waals surface area contributed by atoms with Crippen molar-refractivity contribution < 1.29 is 9.90 Å². The second-order valence-corrected chi connectivity index (χ2v) is 4.41. The van der Waals surface area contributed by atoms with Gasteiger partial charge in [0.15, 0.2) is 5.65 Å². The number of aliphatic carboxylic acids is 1. The van der Waals surface area contributed by atoms with Crippen molar-refractivity contribution in [3.8, 4) is 0 Å². The molecule has 2 atom stereocenters. The first-order valence-electron chi connectivity index (χ1n) is 5.55. The van der Waals surface area contributed by atoms with Crippen molar-refractivity contribution in [2.45, 2.75) is 26.7 Å². The lowest BCUT2D eigenvalue weighted by atomic mass is 9.95. The Morgan fingerprint density at radius 2 is 2.12 bits per heavy atom. The SMILES string of the molecule is Cc1ccn2c(C(C)C(C)C(=O)O)nnc2c1. The number of carboxylic acids is 1. The van der Waals surface area contributed by atoms with Crippen molar-refractivity contribution in [3.05, 3.63) is 29.7 Å². The Labute approximate surface area is 99.1 Å². The van der Waals surface area contributed by atoms with Crippen LogP contribution in [0.2, 0.25) is 0 Å². The van der Waals surface area contributed by atoms with E-state index in [2.05, 4.69) is 10.2 Å². The Morgan fingerprint density at radius 1 is 1.41 bits per heavy atom. The van der Waals surface area contributed by atoms with Gasteiger partial charge in [-0.2, -0.15) is 0 Å². The Hall–Kier alpha value is -1.91. The summed E-state index contributed by atoms with van der Waals surface area (Å²) in [6, 6.07) is 3.88. The van der Waals surface area contributed by atoms with Crippen LogP contribution in [0.1, 0.15) is 31.2 Å². The largest absolute Gasteiger partial charge is 0.481 e. The zero-order valence-corrected chi connectivity index (χ0v) is 10.1. The molecule has 0 fully saturated rings. The number of carboxylic acid groups (broad SMARTS) is 1. The second kappa shape index (κ2) is 4.16. The number of aryl methyl sites for hydroxylation is 1. The number of rotatable bonds is 3. The minimum Gasteiger partial charge on any atom is -0.481 e. The lowest BCUT2D eigenvalue weighted by molar-refractivity contribution is -0.141. The first-order valence-corrected chi connectivity index (χ1v) is 5.55. The van der Waals surface area contributed by atoms with Gasteiger partial charge < -0.3 is 5.11 Å². The van der Waals surface area contributed by atoms with E-state index in [1.165, 1.54) is 0 Å². The summed E-state index contributed by atoms with van der Waals surface area (Å²) >= 11 is 0. The van der Waals surface area contributed by atoms with Gasteiger partial charge in [-0.25, -0.2) is 0 Å². The standard InChI is InChI=1S/C12H15N3O2/c1-7-4-5-15-10(6-7)13-14-11(15)8(2)9(3)12(16)17/h4-6,8-9H,1-3H3,(H,16,17). The van der Waals surface area contributed by atoms with Crippen molar-refractivity contribution in [3.63, 3.8) is 0 Å². The second-order valence-electron chi connectivity index (χ2n) is 4.41. The van der Waals surface area contributed by atoms with Crippen LogP contribution in [0.5, 0.6) is 0 Å². The topological polar surface area (TPSA) is 67.5 Å². The van der Waals surface area contributed by atoms with Gasteiger partial charge in [0, 0.05) is 12.1 Å². The summed E-state index contributed by atoms with van der Waals surface area (Å²) in [6.45, 7) is 5.52. The first kappa shape index (κ1) is 11.6. The number of nitrogens with zero attached hydrogens (tertiary/aromatic N) is 3. The van der Waals surface area contributed by atoms with Gasteiger partial charge in [0.1, 0.15) is 5.82 Å². The molecule has 0 amide bonds. The number of aromatic nitrogens is 3. The summed E-state index contributed by atoms with van der Waals surface area (Å²) in [5, 5.41) is 17.2. The lowest BCUT2D eigenvalue weighted by Gasteiger charge is -2.13. The van der Waals surface area contributed by atoms with Crippen LogP contribution in [0.4, 0.5) is 0 Å². The fourth-order valence-corrected chi connectivity index (χ4v) is 1.76. The molecule has 2 unspecified atom stereocenters. The van der Waals surface area contributed by atoms with Crippen molar-refractivity contribution in [1.29, 1.82) is 0 Å². The monoisotopic (exact) mass is 233 g/mol. The predicted octanol–water partition coefficient (Wildman–Crippen LogP) is 1.86. The molecule has 2 heterocycles. The van der Waals surface area contributed by atoms with Gasteiger partial charge in [0.05, 0.1) is 5.92 Å². The van der Waals surface area contributed by atoms with E-state index in [9.17, 15) is 4.79 Å². The first-order chi connectivity index (χ1) is 8.00. The van der Waals surface area contributed by atoms with E-state index in [1.54, 1.807) is 6.92 Å². The molecule has 5 nitrogen and oxygen atoms in total. The van der Waals surface area contributed by atoms with Crippen LogP contribution in [-0.2, 0) is 4.79 Å². The van der Waals surface area contributed by atoms with Gasteiger partial charge in [-0.3, -0.25) is 9.20 Å². The molecule has 0 spiro atoms. The number of carbonyl (C=O) groups is 1. The molecule has 2 aromatic heterocycles. The molecule has 2 rings (SSSR count). The van der Waals surface area contributed by atoms with Gasteiger partial charge in [-0.05, 0) is 24.6 Å². The molecule has 0 saturated carbocycles. The maximum atomic E-state index is 11.0. The summed E-state index contributed by atoms with van der Waals surface area (Å²) in [4.78, 5) is 11.0. The fraction of sp³-hybridized carbons (Fsp3) is 0.417. The highest BCUT2D eigenvalue weighted by Crippen LogP contribution is 2.23. The summed E-state index contributed by atoms with van der Waals surface area (Å²) in [5.74, 6) is -0.787. The molecule has 0 radical (unpaired) electrons. The third kappa shape index (κ3) is 2.00. The average molecular weight is 233 g/mol. The van der Waals surface area contributed by atoms with E-state index >= 15 is 0 Å². The van der Waals surface area contributed by atoms with Crippen molar-refractivity contribution >= 4 is 11.6 Å². The molecule has 0 bridgehead atoms. The molecule has 5 heteroatoms. The third-order valence-electron chi connectivity index (χ3n) is 3.14. The minimum atomic E-state index is -0.818. The maximum Gasteiger partial charge on any atom is 0.306 e. The van der Waals surface area contributed by atoms with E-state index in [0.29, 0.717) is 5.82 Å². The van der Waals surface area contributed by atoms with Crippen LogP contribution < -0.4 is 0 Å². The highest BCUT2D eigenvalue weighted by molar-refractivity contribution is 5.70. The molecule has 0 aliphatic heterocycles. The lowest BCUT2D eigenvalue weighted by Crippen LogP contribution is -2.18. The Balaban J connectivity index is 2.46. The van der Waals surface area contributed by atoms with Crippen LogP contribution in [0.3, 0.4) is 0 Å². The summed E-state index contributed by atoms with van der Waals surface area (Å²) in [5.41, 5.74) is 1.86. The van der Waals surface area contributed by atoms with Crippen LogP contribution in [0.25, 0.3) is 5.65 Å². The minimum absolute atomic E-state index is 0.176. The Morgan fingerprint density at radius 3 is 2.76 bits per heavy atom. The van der Waals surface area contributed by atoms with Crippen molar-refractivity contribution in [2.75, 3.05) is 0 Å². The van der Waals surface area contributed by atoms with Crippen LogP contribution in [0.15, 0.2) is 18.3 Å². The molecule has 0 aliphatic rings.